The van der Waals surface area contributed by atoms with Crippen molar-refractivity contribution in [2.75, 3.05) is 100 Å². The predicted octanol–water partition coefficient (Wildman–Crippen LogP) is 14.8. The maximum absolute atomic E-state index is 13.6. The van der Waals surface area contributed by atoms with Crippen LogP contribution in [0.3, 0.4) is 0 Å². The van der Waals surface area contributed by atoms with Crippen molar-refractivity contribution >= 4 is 153 Å². The molecule has 0 aromatic rings. The quantitative estimate of drug-likeness (QED) is 0.0143. The standard InChI is InChI=1S/C61H105N3O17S5.C9H15O2S2.H2N.V.7H2/c1-45(54(68)38-51(44-86-84-42-47(3)61(77)82)55(69)37-50(49(5)66)43-85-83-41-46(2)48(4)65)23-20-21-29-62-58(72)40-81-36-33-78-31-22-24-52(67)39-80-35-34-79-32-30-63-56(70)28-27-53(60(75)76)64-57(71)25-18-16-14-12-10-8-6-7-9-11-13-15-17-19-26-59(73)74;1-7(9(3)11)6-13-12-5-4-8(2)10;;;;;;;;;/h45-47,50-51,53H,6-44H2,1-5H3,(H,62,72)(H,63,70)(H,64,71)(H,73,74)(H,75,76)(H,77,82);4,7H,5-6H2,1-3H3;1H2;;7*1H/q;2*-1;+2;;;;;;;/t45-,46-,47-,50-,51-,53-;7-;;;;;;;;;/m00........./s1. The van der Waals surface area contributed by atoms with Crippen LogP contribution in [0.5, 0.6) is 0 Å². The number of carboxylic acids is 2. The Hall–Kier alpha value is -2.59. The second-order valence-electron chi connectivity index (χ2n) is 25.0. The third-order valence-corrected chi connectivity index (χ3v) is 23.9. The van der Waals surface area contributed by atoms with Crippen molar-refractivity contribution in [2.24, 2.45) is 35.5 Å². The first-order valence-corrected chi connectivity index (χ1v) is 43.1. The van der Waals surface area contributed by atoms with E-state index in [1.54, 1.807) is 55.7 Å². The van der Waals surface area contributed by atoms with Crippen molar-refractivity contribution < 1.29 is 120 Å². The van der Waals surface area contributed by atoms with E-state index in [2.05, 4.69) is 28.6 Å². The van der Waals surface area contributed by atoms with Crippen LogP contribution >= 0.6 is 77.4 Å². The van der Waals surface area contributed by atoms with E-state index < -0.39 is 29.8 Å². The van der Waals surface area contributed by atoms with E-state index in [-0.39, 0.29) is 219 Å². The van der Waals surface area contributed by atoms with E-state index in [1.807, 2.05) is 20.8 Å². The predicted molar refractivity (Wildman–Crippen MR) is 426 cm³/mol. The molecule has 0 aromatic carbocycles. The van der Waals surface area contributed by atoms with Gasteiger partial charge in [0.15, 0.2) is 10.9 Å². The Bertz CT molecular complexity index is 2360. The molecular weight excluding hydrogens is 1480 g/mol. The summed E-state index contributed by atoms with van der Waals surface area (Å²) in [5.74, 6) is -1.00. The normalized spacial score (nSPS) is 13.0. The molecule has 0 aliphatic rings. The van der Waals surface area contributed by atoms with Crippen molar-refractivity contribution in [3.8, 4) is 0 Å². The molecule has 23 nitrogen and oxygen atoms in total. The molecule has 0 aliphatic heterocycles. The summed E-state index contributed by atoms with van der Waals surface area (Å²) < 4.78 is 21.8. The molecule has 0 heterocycles. The van der Waals surface area contributed by atoms with Crippen LogP contribution in [-0.4, -0.2) is 192 Å². The smallest absolute Gasteiger partial charge is 0.693 e. The number of carboxylic acid groups (broad SMARTS) is 2. The van der Waals surface area contributed by atoms with Gasteiger partial charge in [-0.15, -0.1) is 29.2 Å². The molecule has 0 bridgehead atoms. The van der Waals surface area contributed by atoms with E-state index in [4.69, 9.17) is 24.1 Å². The number of aliphatic carboxylic acids is 2. The number of carbonyl (C=O) groups is 13. The van der Waals surface area contributed by atoms with Crippen molar-refractivity contribution in [3.05, 3.63) is 12.6 Å². The zero-order valence-electron chi connectivity index (χ0n) is 61.4. The van der Waals surface area contributed by atoms with Crippen LogP contribution in [0.1, 0.15) is 226 Å². The van der Waals surface area contributed by atoms with Gasteiger partial charge in [0.1, 0.15) is 48.2 Å². The number of amides is 3. The third kappa shape index (κ3) is 68.9. The average Bonchev–Trinajstić information content (AvgIpc) is 0.888. The first kappa shape index (κ1) is 105. The summed E-state index contributed by atoms with van der Waals surface area (Å²) in [7, 11) is 9.12. The number of nitrogens with two attached hydrogens (primary N) is 1. The maximum Gasteiger partial charge on any atom is 2.00 e. The largest absolute Gasteiger partial charge is 2.00 e. The van der Waals surface area contributed by atoms with Crippen LogP contribution in [0.2, 0.25) is 0 Å². The minimum atomic E-state index is -1.19. The van der Waals surface area contributed by atoms with Gasteiger partial charge in [-0.2, -0.15) is 0 Å². The van der Waals surface area contributed by atoms with E-state index in [0.717, 1.165) is 56.5 Å². The number of hydrogen-bond donors (Lipinski definition) is 6. The number of rotatable bonds is 70. The van der Waals surface area contributed by atoms with E-state index in [1.165, 1.54) is 88.6 Å². The summed E-state index contributed by atoms with van der Waals surface area (Å²) in [6.07, 6.45) is 19.7. The van der Waals surface area contributed by atoms with Crippen molar-refractivity contribution in [1.82, 2.24) is 16.0 Å². The number of ether oxygens (including phenoxy) is 4. The minimum Gasteiger partial charge on any atom is -0.693 e. The summed E-state index contributed by atoms with van der Waals surface area (Å²) in [5, 5.41) is 26.1. The van der Waals surface area contributed by atoms with Gasteiger partial charge in [-0.05, 0) is 72.0 Å². The number of ketones is 7. The number of hydrogen-bond acceptors (Lipinski definition) is 23. The van der Waals surface area contributed by atoms with Gasteiger partial charge >= 0.3 is 30.5 Å². The average molecular weight is 1610 g/mol. The topological polar surface area (TPSA) is 369 Å². The van der Waals surface area contributed by atoms with Crippen molar-refractivity contribution in [3.63, 3.8) is 0 Å². The van der Waals surface area contributed by atoms with Crippen LogP contribution in [0.15, 0.2) is 0 Å². The van der Waals surface area contributed by atoms with Gasteiger partial charge in [-0.1, -0.05) is 165 Å². The first-order valence-electron chi connectivity index (χ1n) is 35.1. The molecule has 0 rings (SSSR count). The molecule has 0 aromatic heterocycles. The van der Waals surface area contributed by atoms with Gasteiger partial charge in [0.25, 0.3) is 0 Å². The second-order valence-corrected chi connectivity index (χ2v) is 33.1. The molecule has 0 saturated heterocycles. The van der Waals surface area contributed by atoms with Gasteiger partial charge in [-0.3, -0.25) is 52.7 Å². The SMILES string of the molecule is CC(=O)[C@H](CSSC[C@H](C)C(C)=O)CC(=O)[C@H](CSSC[C@H](C)C(=O)S)CC(=O)[C@@H](C)CCCCNC(=O)COCCOCCCC(=O)COCCOCCNC(=O)CC[C@H](NC(=O)CCCCCCCCCCCCCCCCC(=O)O)C(=O)O.CC(=O)[CH-]CSSC[C@H](C)C(C)=O.[HH].[HH].[HH].[HH].[HH].[HH].[HH].[NH2-].[V+2]. The van der Waals surface area contributed by atoms with E-state index in [9.17, 15) is 67.4 Å². The summed E-state index contributed by atoms with van der Waals surface area (Å²) in [6.45, 7) is 15.3. The Morgan fingerprint density at radius 2 is 0.901 bits per heavy atom. The molecule has 0 unspecified atom stereocenters. The maximum atomic E-state index is 13.6. The molecule has 0 fully saturated rings. The second kappa shape index (κ2) is 71.7. The van der Waals surface area contributed by atoms with Crippen LogP contribution in [0, 0.1) is 41.9 Å². The number of Topliss-reactive ketones (excluding diaryl/α,β-unsaturated/α-hetero) is 7. The first-order chi connectivity index (χ1) is 47.2. The molecular formula is C70H136N4O19S7V. The third-order valence-electron chi connectivity index (χ3n) is 15.7. The molecule has 7 N–H and O–H groups in total. The monoisotopic (exact) mass is 1610 g/mol. The Morgan fingerprint density at radius 3 is 1.42 bits per heavy atom. The van der Waals surface area contributed by atoms with Crippen molar-refractivity contribution in [2.45, 2.75) is 222 Å². The summed E-state index contributed by atoms with van der Waals surface area (Å²) in [4.78, 5) is 156. The van der Waals surface area contributed by atoms with Crippen LogP contribution in [-0.2, 0) is 99.8 Å². The molecule has 0 aliphatic carbocycles. The van der Waals surface area contributed by atoms with Crippen molar-refractivity contribution in [1.29, 1.82) is 0 Å². The Balaban J connectivity index is -0.000000430. The molecule has 31 heteroatoms. The molecule has 7 atom stereocenters. The fourth-order valence-corrected chi connectivity index (χ4v) is 16.8. The number of unbranched alkanes of at least 4 members (excludes halogenated alkanes) is 14. The van der Waals surface area contributed by atoms with Gasteiger partial charge in [0.05, 0.1) is 33.0 Å². The number of nitrogens with one attached hydrogen (secondary N) is 3. The van der Waals surface area contributed by atoms with Crippen LogP contribution < -0.4 is 16.0 Å². The zero-order valence-corrected chi connectivity index (χ0v) is 68.6. The van der Waals surface area contributed by atoms with E-state index in [0.29, 0.717) is 68.3 Å². The van der Waals surface area contributed by atoms with Gasteiger partial charge < -0.3 is 62.5 Å². The van der Waals surface area contributed by atoms with Gasteiger partial charge in [-0.25, -0.2) is 4.79 Å². The molecule has 597 valence electrons. The number of thiol groups is 1. The Labute approximate surface area is 654 Å². The molecule has 1 radical (unpaired) electrons. The molecule has 3 amide bonds. The Morgan fingerprint density at radius 1 is 0.436 bits per heavy atom. The van der Waals surface area contributed by atoms with Gasteiger partial charge in [0.2, 0.25) is 17.7 Å². The Kier molecular flexibility index (Phi) is 74.3. The number of carbonyl (C=O) groups excluding carboxylic acids is 11. The summed E-state index contributed by atoms with van der Waals surface area (Å²) in [5.41, 5.74) is 0. The fourth-order valence-electron chi connectivity index (χ4n) is 8.74. The fraction of sp³-hybridized carbons (Fsp3) is 0.800. The minimum absolute atomic E-state index is 0. The molecule has 0 saturated carbocycles. The molecule has 0 spiro atoms. The van der Waals surface area contributed by atoms with E-state index >= 15 is 0 Å². The van der Waals surface area contributed by atoms with Crippen LogP contribution in [0.25, 0.3) is 6.15 Å². The molecule has 101 heavy (non-hydrogen) atoms. The van der Waals surface area contributed by atoms with Crippen LogP contribution in [0.4, 0.5) is 0 Å². The zero-order chi connectivity index (χ0) is 74.4. The summed E-state index contributed by atoms with van der Waals surface area (Å²) >= 11 is 3.90. The van der Waals surface area contributed by atoms with Gasteiger partial charge in [0, 0.05) is 132 Å². The summed E-state index contributed by atoms with van der Waals surface area (Å²) in [6, 6.07) is -1.16.